The standard InChI is InChI=1S/C27H27F6N3O5S/c1-25(30,27(31,32)33)16-12-15-2-7-21-26(22(15)34-14-16,42(40,41)18-5-3-17(28)4-6-18)8-9-36(21)24(39)20-13-19(29)23(38)35(20)10-11-37/h3-6,12,14,19-21,37H,2,7-11,13H2,1H3/t19-,20+,21?,25?,26?/m1/s1. The molecule has 1 aliphatic carbocycles. The first-order chi connectivity index (χ1) is 19.6. The highest BCUT2D eigenvalue weighted by molar-refractivity contribution is 7.92. The molecule has 2 aromatic rings. The molecule has 15 heteroatoms. The Morgan fingerprint density at radius 3 is 2.48 bits per heavy atom. The number of likely N-dealkylation sites (tertiary alicyclic amines) is 2. The molecular formula is C27H27F6N3O5S. The fraction of sp³-hybridized carbons (Fsp3) is 0.519. The molecule has 2 amide bonds. The first-order valence-electron chi connectivity index (χ1n) is 13.2. The van der Waals surface area contributed by atoms with Crippen LogP contribution >= 0.6 is 0 Å². The van der Waals surface area contributed by atoms with Crippen LogP contribution in [0, 0.1) is 5.82 Å². The van der Waals surface area contributed by atoms with Gasteiger partial charge in [-0.3, -0.25) is 14.6 Å². The molecule has 0 spiro atoms. The number of aryl methyl sites for hydroxylation is 1. The maximum atomic E-state index is 14.9. The largest absolute Gasteiger partial charge is 0.426 e. The highest BCUT2D eigenvalue weighted by Gasteiger charge is 2.63. The molecule has 1 aromatic heterocycles. The Morgan fingerprint density at radius 1 is 1.19 bits per heavy atom. The average Bonchev–Trinajstić information content (AvgIpc) is 3.47. The molecule has 1 aromatic carbocycles. The number of carbonyl (C=O) groups excluding carboxylic acids is 2. The van der Waals surface area contributed by atoms with Gasteiger partial charge in [-0.05, 0) is 62.1 Å². The average molecular weight is 620 g/mol. The van der Waals surface area contributed by atoms with E-state index >= 15 is 0 Å². The van der Waals surface area contributed by atoms with Crippen molar-refractivity contribution in [3.8, 4) is 0 Å². The summed E-state index contributed by atoms with van der Waals surface area (Å²) in [5.41, 5.74) is -4.69. The minimum atomic E-state index is -5.28. The molecule has 5 atom stereocenters. The third-order valence-corrected chi connectivity index (χ3v) is 11.2. The zero-order valence-electron chi connectivity index (χ0n) is 22.2. The highest BCUT2D eigenvalue weighted by Crippen LogP contribution is 2.53. The number of alkyl halides is 5. The Bertz CT molecular complexity index is 1520. The van der Waals surface area contributed by atoms with E-state index in [0.29, 0.717) is 13.1 Å². The summed E-state index contributed by atoms with van der Waals surface area (Å²) < 4.78 is 110. The van der Waals surface area contributed by atoms with Crippen LogP contribution < -0.4 is 0 Å². The third kappa shape index (κ3) is 4.38. The SMILES string of the molecule is CC(F)(c1cnc2c(c1)CCC1N(C(=O)[C@@H]3C[C@@H](F)C(=O)N3CCO)CCC21S(=O)(=O)c1ccc(F)cc1)C(F)(F)F. The van der Waals surface area contributed by atoms with Crippen molar-refractivity contribution in [2.75, 3.05) is 19.7 Å². The molecule has 1 N–H and O–H groups in total. The molecule has 2 aliphatic heterocycles. The first-order valence-corrected chi connectivity index (χ1v) is 14.7. The summed E-state index contributed by atoms with van der Waals surface area (Å²) >= 11 is 0. The van der Waals surface area contributed by atoms with E-state index in [2.05, 4.69) is 4.98 Å². The van der Waals surface area contributed by atoms with Gasteiger partial charge in [0, 0.05) is 31.3 Å². The van der Waals surface area contributed by atoms with Gasteiger partial charge in [-0.2, -0.15) is 13.2 Å². The van der Waals surface area contributed by atoms with Gasteiger partial charge >= 0.3 is 6.18 Å². The molecule has 5 rings (SSSR count). The first kappa shape index (κ1) is 30.3. The molecule has 0 bridgehead atoms. The Balaban J connectivity index is 1.64. The van der Waals surface area contributed by atoms with Gasteiger partial charge in [0.25, 0.3) is 5.91 Å². The number of β-amino-alcohol motifs (C(OH)–C–C–N with tert-alkyl or cyclic N) is 1. The second kappa shape index (κ2) is 10.2. The van der Waals surface area contributed by atoms with E-state index in [-0.39, 0.29) is 48.5 Å². The van der Waals surface area contributed by atoms with Gasteiger partial charge in [-0.25, -0.2) is 21.6 Å². The van der Waals surface area contributed by atoms with E-state index < -0.39 is 80.9 Å². The topological polar surface area (TPSA) is 108 Å². The normalized spacial score (nSPS) is 27.5. The number of benzene rings is 1. The number of carbonyl (C=O) groups is 2. The van der Waals surface area contributed by atoms with E-state index in [0.717, 1.165) is 35.2 Å². The number of hydrogen-bond acceptors (Lipinski definition) is 6. The van der Waals surface area contributed by atoms with Gasteiger partial charge in [0.1, 0.15) is 16.6 Å². The molecule has 3 heterocycles. The van der Waals surface area contributed by atoms with Crippen molar-refractivity contribution in [3.63, 3.8) is 0 Å². The van der Waals surface area contributed by atoms with Crippen molar-refractivity contribution in [3.05, 3.63) is 59.2 Å². The van der Waals surface area contributed by atoms with Gasteiger partial charge in [-0.1, -0.05) is 0 Å². The molecule has 42 heavy (non-hydrogen) atoms. The van der Waals surface area contributed by atoms with E-state index in [4.69, 9.17) is 0 Å². The van der Waals surface area contributed by atoms with Crippen LogP contribution in [-0.2, 0) is 36.3 Å². The van der Waals surface area contributed by atoms with Crippen LogP contribution in [0.5, 0.6) is 0 Å². The zero-order chi connectivity index (χ0) is 30.8. The lowest BCUT2D eigenvalue weighted by Gasteiger charge is -2.42. The number of pyridine rings is 1. The van der Waals surface area contributed by atoms with Crippen molar-refractivity contribution in [1.29, 1.82) is 0 Å². The summed E-state index contributed by atoms with van der Waals surface area (Å²) in [6.45, 7) is -0.714. The number of aliphatic hydroxyl groups excluding tert-OH is 1. The molecule has 228 valence electrons. The number of halogens is 6. The Kier molecular flexibility index (Phi) is 7.36. The number of sulfone groups is 1. The van der Waals surface area contributed by atoms with Crippen LogP contribution in [0.4, 0.5) is 26.3 Å². The molecule has 2 fully saturated rings. The number of aliphatic hydroxyl groups is 1. The number of aromatic nitrogens is 1. The van der Waals surface area contributed by atoms with E-state index in [1.807, 2.05) is 0 Å². The molecule has 0 saturated carbocycles. The summed E-state index contributed by atoms with van der Waals surface area (Å²) in [7, 11) is -4.54. The molecule has 0 radical (unpaired) electrons. The van der Waals surface area contributed by atoms with Crippen molar-refractivity contribution < 1.29 is 49.5 Å². The number of fused-ring (bicyclic) bond motifs is 3. The predicted octanol–water partition coefficient (Wildman–Crippen LogP) is 3.12. The van der Waals surface area contributed by atoms with Gasteiger partial charge < -0.3 is 14.9 Å². The summed E-state index contributed by atoms with van der Waals surface area (Å²) in [5, 5.41) is 9.36. The van der Waals surface area contributed by atoms with Crippen molar-refractivity contribution in [2.45, 2.75) is 72.3 Å². The molecule has 2 saturated heterocycles. The van der Waals surface area contributed by atoms with Crippen LogP contribution in [-0.4, -0.2) is 84.3 Å². The number of amides is 2. The predicted molar refractivity (Wildman–Crippen MR) is 135 cm³/mol. The van der Waals surface area contributed by atoms with Crippen LogP contribution in [0.3, 0.4) is 0 Å². The van der Waals surface area contributed by atoms with Crippen LogP contribution in [0.2, 0.25) is 0 Å². The van der Waals surface area contributed by atoms with Crippen LogP contribution in [0.1, 0.15) is 43.0 Å². The molecular weight excluding hydrogens is 592 g/mol. The third-order valence-electron chi connectivity index (χ3n) is 8.64. The quantitative estimate of drug-likeness (QED) is 0.394. The lowest BCUT2D eigenvalue weighted by molar-refractivity contribution is -0.228. The summed E-state index contributed by atoms with van der Waals surface area (Å²) in [6, 6.07) is 2.38. The monoisotopic (exact) mass is 619 g/mol. The fourth-order valence-corrected chi connectivity index (χ4v) is 8.72. The second-order valence-corrected chi connectivity index (χ2v) is 13.1. The van der Waals surface area contributed by atoms with Crippen molar-refractivity contribution in [1.82, 2.24) is 14.8 Å². The van der Waals surface area contributed by atoms with Crippen LogP contribution in [0.25, 0.3) is 0 Å². The zero-order valence-corrected chi connectivity index (χ0v) is 23.1. The Hall–Kier alpha value is -3.20. The Morgan fingerprint density at radius 2 is 1.86 bits per heavy atom. The molecule has 3 unspecified atom stereocenters. The van der Waals surface area contributed by atoms with E-state index in [9.17, 15) is 49.5 Å². The fourth-order valence-electron chi connectivity index (χ4n) is 6.41. The van der Waals surface area contributed by atoms with Gasteiger partial charge in [0.2, 0.25) is 11.6 Å². The van der Waals surface area contributed by atoms with Gasteiger partial charge in [0.05, 0.1) is 23.2 Å². The minimum absolute atomic E-state index is 0.0543. The van der Waals surface area contributed by atoms with Crippen molar-refractivity contribution >= 4 is 21.7 Å². The summed E-state index contributed by atoms with van der Waals surface area (Å²) in [6.07, 6.45) is -7.54. The van der Waals surface area contributed by atoms with E-state index in [1.165, 1.54) is 4.90 Å². The number of hydrogen-bond donors (Lipinski definition) is 1. The molecule has 3 aliphatic rings. The molecule has 8 nitrogen and oxygen atoms in total. The summed E-state index contributed by atoms with van der Waals surface area (Å²) in [4.78, 5) is 32.0. The smallest absolute Gasteiger partial charge is 0.395 e. The second-order valence-electron chi connectivity index (χ2n) is 10.9. The Labute approximate surface area is 237 Å². The minimum Gasteiger partial charge on any atom is -0.395 e. The van der Waals surface area contributed by atoms with Gasteiger partial charge in [-0.15, -0.1) is 0 Å². The lowest BCUT2D eigenvalue weighted by atomic mass is 9.80. The van der Waals surface area contributed by atoms with Gasteiger partial charge in [0.15, 0.2) is 16.0 Å². The number of nitrogens with zero attached hydrogens (tertiary/aromatic N) is 3. The maximum Gasteiger partial charge on any atom is 0.426 e. The number of rotatable bonds is 6. The maximum absolute atomic E-state index is 14.9. The van der Waals surface area contributed by atoms with Crippen LogP contribution in [0.15, 0.2) is 41.4 Å². The summed E-state index contributed by atoms with van der Waals surface area (Å²) in [5.74, 6) is -2.44. The van der Waals surface area contributed by atoms with E-state index in [1.54, 1.807) is 0 Å². The highest BCUT2D eigenvalue weighted by atomic mass is 32.2. The van der Waals surface area contributed by atoms with Crippen molar-refractivity contribution in [2.24, 2.45) is 0 Å². The lowest BCUT2D eigenvalue weighted by Crippen LogP contribution is -2.56.